The molecule has 0 spiro atoms. The number of carbonyl (C=O) groups is 1. The second kappa shape index (κ2) is 8.56. The average molecular weight is 442 g/mol. The summed E-state index contributed by atoms with van der Waals surface area (Å²) < 4.78 is 40.5. The molecular formula is C19H18BrF2NO4. The van der Waals surface area contributed by atoms with Gasteiger partial charge in [0, 0.05) is 18.1 Å². The number of halogens is 3. The highest BCUT2D eigenvalue weighted by Gasteiger charge is 2.18. The lowest BCUT2D eigenvalue weighted by molar-refractivity contribution is -0.129. The molecule has 0 saturated carbocycles. The van der Waals surface area contributed by atoms with Gasteiger partial charge in [0.1, 0.15) is 19.0 Å². The Morgan fingerprint density at radius 1 is 1.19 bits per heavy atom. The summed E-state index contributed by atoms with van der Waals surface area (Å²) >= 11 is 3.47. The van der Waals surface area contributed by atoms with Gasteiger partial charge in [0.05, 0.1) is 6.42 Å². The van der Waals surface area contributed by atoms with Crippen LogP contribution in [-0.4, -0.2) is 37.7 Å². The van der Waals surface area contributed by atoms with Crippen LogP contribution in [0, 0.1) is 0 Å². The number of benzene rings is 2. The first-order valence-corrected chi connectivity index (χ1v) is 9.07. The van der Waals surface area contributed by atoms with Crippen LogP contribution in [-0.2, 0) is 17.8 Å². The number of alkyl halides is 2. The molecule has 0 aliphatic carbocycles. The van der Waals surface area contributed by atoms with E-state index < -0.39 is 6.61 Å². The molecule has 144 valence electrons. The Bertz CT molecular complexity index is 814. The molecule has 1 aliphatic heterocycles. The van der Waals surface area contributed by atoms with E-state index in [2.05, 4.69) is 20.7 Å². The molecule has 27 heavy (non-hydrogen) atoms. The summed E-state index contributed by atoms with van der Waals surface area (Å²) in [6.45, 7) is -1.52. The molecule has 1 amide bonds. The molecule has 0 fully saturated rings. The van der Waals surface area contributed by atoms with E-state index in [1.807, 2.05) is 0 Å². The van der Waals surface area contributed by atoms with Crippen molar-refractivity contribution in [1.29, 1.82) is 0 Å². The predicted octanol–water partition coefficient (Wildman–Crippen LogP) is 4.02. The van der Waals surface area contributed by atoms with Crippen LogP contribution < -0.4 is 14.2 Å². The Morgan fingerprint density at radius 3 is 2.44 bits per heavy atom. The normalized spacial score (nSPS) is 12.8. The third-order valence-electron chi connectivity index (χ3n) is 4.05. The molecule has 8 heteroatoms. The zero-order valence-electron chi connectivity index (χ0n) is 14.6. The van der Waals surface area contributed by atoms with Crippen molar-refractivity contribution in [3.63, 3.8) is 0 Å². The van der Waals surface area contributed by atoms with E-state index in [1.54, 1.807) is 36.2 Å². The van der Waals surface area contributed by atoms with Gasteiger partial charge in [-0.25, -0.2) is 0 Å². The smallest absolute Gasteiger partial charge is 0.387 e. The fourth-order valence-corrected chi connectivity index (χ4v) is 3.14. The molecule has 3 rings (SSSR count). The van der Waals surface area contributed by atoms with Crippen molar-refractivity contribution in [2.75, 3.05) is 20.3 Å². The second-order valence-corrected chi connectivity index (χ2v) is 6.89. The van der Waals surface area contributed by atoms with Gasteiger partial charge in [-0.15, -0.1) is 0 Å². The fraction of sp³-hybridized carbons (Fsp3) is 0.316. The van der Waals surface area contributed by atoms with Crippen molar-refractivity contribution in [2.24, 2.45) is 0 Å². The lowest BCUT2D eigenvalue weighted by Crippen LogP contribution is -2.28. The van der Waals surface area contributed by atoms with E-state index in [1.165, 1.54) is 12.1 Å². The summed E-state index contributed by atoms with van der Waals surface area (Å²) in [5.74, 6) is 1.29. The molecule has 0 aromatic heterocycles. The number of likely N-dealkylation sites (N-methyl/N-ethyl adjacent to an activating group) is 1. The van der Waals surface area contributed by atoms with Crippen LogP contribution in [0.2, 0.25) is 0 Å². The van der Waals surface area contributed by atoms with Crippen molar-refractivity contribution in [3.05, 3.63) is 52.0 Å². The minimum absolute atomic E-state index is 0.0831. The Labute approximate surface area is 163 Å². The average Bonchev–Trinajstić information content (AvgIpc) is 2.63. The van der Waals surface area contributed by atoms with Crippen molar-refractivity contribution < 1.29 is 27.8 Å². The Morgan fingerprint density at radius 2 is 1.81 bits per heavy atom. The van der Waals surface area contributed by atoms with E-state index in [4.69, 9.17) is 9.47 Å². The number of rotatable bonds is 6. The molecule has 0 bridgehead atoms. The summed E-state index contributed by atoms with van der Waals surface area (Å²) in [6, 6.07) is 9.83. The molecule has 0 N–H and O–H groups in total. The molecule has 0 radical (unpaired) electrons. The molecule has 0 saturated heterocycles. The maximum atomic E-state index is 12.6. The molecule has 2 aromatic carbocycles. The van der Waals surface area contributed by atoms with Crippen molar-refractivity contribution in [3.8, 4) is 17.2 Å². The second-order valence-electron chi connectivity index (χ2n) is 6.04. The first-order chi connectivity index (χ1) is 12.9. The molecule has 0 unspecified atom stereocenters. The van der Waals surface area contributed by atoms with Crippen LogP contribution in [0.15, 0.2) is 40.9 Å². The summed E-state index contributed by atoms with van der Waals surface area (Å²) in [4.78, 5) is 14.1. The van der Waals surface area contributed by atoms with Crippen LogP contribution in [0.3, 0.4) is 0 Å². The maximum Gasteiger partial charge on any atom is 0.387 e. The van der Waals surface area contributed by atoms with Crippen LogP contribution in [0.25, 0.3) is 0 Å². The van der Waals surface area contributed by atoms with Gasteiger partial charge >= 0.3 is 6.61 Å². The van der Waals surface area contributed by atoms with Crippen LogP contribution >= 0.6 is 15.9 Å². The monoisotopic (exact) mass is 441 g/mol. The van der Waals surface area contributed by atoms with Crippen LogP contribution in [0.1, 0.15) is 11.1 Å². The van der Waals surface area contributed by atoms with Crippen molar-refractivity contribution in [2.45, 2.75) is 19.6 Å². The van der Waals surface area contributed by atoms with E-state index in [0.717, 1.165) is 15.6 Å². The van der Waals surface area contributed by atoms with Crippen LogP contribution in [0.4, 0.5) is 8.78 Å². The molecule has 5 nitrogen and oxygen atoms in total. The predicted molar refractivity (Wildman–Crippen MR) is 98.4 cm³/mol. The number of hydrogen-bond donors (Lipinski definition) is 0. The molecule has 2 aromatic rings. The first kappa shape index (κ1) is 19.4. The SMILES string of the molecule is CN(Cc1ccc(OC(F)F)cc1)C(=O)Cc1cc2c(cc1Br)OCCO2. The third-order valence-corrected chi connectivity index (χ3v) is 4.79. The zero-order valence-corrected chi connectivity index (χ0v) is 16.2. The maximum absolute atomic E-state index is 12.6. The summed E-state index contributed by atoms with van der Waals surface area (Å²) in [7, 11) is 1.69. The highest BCUT2D eigenvalue weighted by atomic mass is 79.9. The highest BCUT2D eigenvalue weighted by molar-refractivity contribution is 9.10. The van der Waals surface area contributed by atoms with E-state index in [-0.39, 0.29) is 18.1 Å². The van der Waals surface area contributed by atoms with Gasteiger partial charge in [-0.2, -0.15) is 8.78 Å². The summed E-state index contributed by atoms with van der Waals surface area (Å²) in [5.41, 5.74) is 1.62. The fourth-order valence-electron chi connectivity index (χ4n) is 2.68. The van der Waals surface area contributed by atoms with Gasteiger partial charge in [-0.3, -0.25) is 4.79 Å². The topological polar surface area (TPSA) is 48.0 Å². The molecular weight excluding hydrogens is 424 g/mol. The molecule has 0 atom stereocenters. The highest BCUT2D eigenvalue weighted by Crippen LogP contribution is 2.35. The number of ether oxygens (including phenoxy) is 3. The minimum atomic E-state index is -2.86. The largest absolute Gasteiger partial charge is 0.486 e. The van der Waals surface area contributed by atoms with Crippen molar-refractivity contribution >= 4 is 21.8 Å². The van der Waals surface area contributed by atoms with Gasteiger partial charge in [0.15, 0.2) is 11.5 Å². The van der Waals surface area contributed by atoms with E-state index in [0.29, 0.717) is 31.3 Å². The first-order valence-electron chi connectivity index (χ1n) is 8.28. The molecule has 1 aliphatic rings. The molecule has 1 heterocycles. The van der Waals surface area contributed by atoms with Gasteiger partial charge in [-0.05, 0) is 35.4 Å². The van der Waals surface area contributed by atoms with E-state index in [9.17, 15) is 13.6 Å². The van der Waals surface area contributed by atoms with Gasteiger partial charge in [-0.1, -0.05) is 28.1 Å². The lowest BCUT2D eigenvalue weighted by Gasteiger charge is -2.21. The Kier molecular flexibility index (Phi) is 6.15. The number of nitrogens with zero attached hydrogens (tertiary/aromatic N) is 1. The van der Waals surface area contributed by atoms with Gasteiger partial charge in [0.25, 0.3) is 0 Å². The van der Waals surface area contributed by atoms with Crippen LogP contribution in [0.5, 0.6) is 17.2 Å². The summed E-state index contributed by atoms with van der Waals surface area (Å²) in [6.07, 6.45) is 0.195. The Balaban J connectivity index is 1.62. The third kappa shape index (κ3) is 5.09. The summed E-state index contributed by atoms with van der Waals surface area (Å²) in [5, 5.41) is 0. The van der Waals surface area contributed by atoms with Gasteiger partial charge in [0.2, 0.25) is 5.91 Å². The quantitative estimate of drug-likeness (QED) is 0.678. The number of hydrogen-bond acceptors (Lipinski definition) is 4. The Hall–Kier alpha value is -2.35. The number of fused-ring (bicyclic) bond motifs is 1. The minimum Gasteiger partial charge on any atom is -0.486 e. The van der Waals surface area contributed by atoms with Crippen molar-refractivity contribution in [1.82, 2.24) is 4.90 Å². The number of amides is 1. The zero-order chi connectivity index (χ0) is 19.4. The standard InChI is InChI=1S/C19H18BrF2NO4/c1-23(11-12-2-4-14(5-3-12)27-19(21)22)18(24)9-13-8-16-17(10-15(13)20)26-7-6-25-16/h2-5,8,10,19H,6-7,9,11H2,1H3. The van der Waals surface area contributed by atoms with E-state index >= 15 is 0 Å². The number of carbonyl (C=O) groups excluding carboxylic acids is 1. The van der Waals surface area contributed by atoms with Gasteiger partial charge < -0.3 is 19.1 Å². The lowest BCUT2D eigenvalue weighted by atomic mass is 10.1.